The van der Waals surface area contributed by atoms with Crippen LogP contribution in [0.15, 0.2) is 36.9 Å². The molecule has 1 N–H and O–H groups in total. The molecule has 1 aromatic rings. The van der Waals surface area contributed by atoms with Crippen molar-refractivity contribution in [3.05, 3.63) is 48.0 Å². The fourth-order valence-corrected chi connectivity index (χ4v) is 1.28. The molecule has 0 radical (unpaired) electrons. The highest BCUT2D eigenvalue weighted by molar-refractivity contribution is 5.24. The van der Waals surface area contributed by atoms with Crippen molar-refractivity contribution in [3.63, 3.8) is 0 Å². The smallest absolute Gasteiger partial charge is 0.263 e. The molecule has 1 nitrogen and oxygen atoms in total. The largest absolute Gasteiger partial charge is 0.312 e. The molecular formula is C12H15F2N. The molecule has 0 bridgehead atoms. The molecule has 0 aliphatic rings. The third kappa shape index (κ3) is 4.21. The first-order valence-corrected chi connectivity index (χ1v) is 4.92. The van der Waals surface area contributed by atoms with Crippen LogP contribution in [0.2, 0.25) is 0 Å². The van der Waals surface area contributed by atoms with Gasteiger partial charge in [-0.05, 0) is 24.6 Å². The Bertz CT molecular complexity index is 310. The molecule has 1 rings (SSSR count). The van der Waals surface area contributed by atoms with Crippen molar-refractivity contribution in [2.45, 2.75) is 19.4 Å². The summed E-state index contributed by atoms with van der Waals surface area (Å²) in [6.45, 7) is 5.04. The van der Waals surface area contributed by atoms with Gasteiger partial charge in [-0.3, -0.25) is 0 Å². The van der Waals surface area contributed by atoms with Crippen molar-refractivity contribution in [2.75, 3.05) is 6.54 Å². The SMILES string of the molecule is C=CCCNCc1cccc(C(F)F)c1. The standard InChI is InChI=1S/C12H15F2N/c1-2-3-7-15-9-10-5-4-6-11(8-10)12(13)14/h2,4-6,8,12,15H,1,3,7,9H2. The summed E-state index contributed by atoms with van der Waals surface area (Å²) in [7, 11) is 0. The lowest BCUT2D eigenvalue weighted by atomic mass is 10.1. The molecule has 82 valence electrons. The Morgan fingerprint density at radius 2 is 2.20 bits per heavy atom. The summed E-state index contributed by atoms with van der Waals surface area (Å²) in [6, 6.07) is 6.47. The second-order valence-electron chi connectivity index (χ2n) is 3.30. The third-order valence-electron chi connectivity index (χ3n) is 2.06. The number of rotatable bonds is 6. The van der Waals surface area contributed by atoms with E-state index in [0.29, 0.717) is 6.54 Å². The van der Waals surface area contributed by atoms with Crippen LogP contribution in [0, 0.1) is 0 Å². The van der Waals surface area contributed by atoms with Crippen LogP contribution in [0.25, 0.3) is 0 Å². The Hall–Kier alpha value is -1.22. The van der Waals surface area contributed by atoms with Gasteiger partial charge in [0.1, 0.15) is 0 Å². The molecule has 0 unspecified atom stereocenters. The lowest BCUT2D eigenvalue weighted by molar-refractivity contribution is 0.151. The fourth-order valence-electron chi connectivity index (χ4n) is 1.28. The molecule has 1 aromatic carbocycles. The van der Waals surface area contributed by atoms with Crippen LogP contribution in [-0.2, 0) is 6.54 Å². The van der Waals surface area contributed by atoms with E-state index in [1.807, 2.05) is 12.1 Å². The van der Waals surface area contributed by atoms with Crippen LogP contribution in [0.4, 0.5) is 8.78 Å². The molecule has 0 saturated carbocycles. The number of benzene rings is 1. The van der Waals surface area contributed by atoms with Gasteiger partial charge in [0.25, 0.3) is 6.43 Å². The Morgan fingerprint density at radius 3 is 2.87 bits per heavy atom. The first-order valence-electron chi connectivity index (χ1n) is 4.92. The highest BCUT2D eigenvalue weighted by Crippen LogP contribution is 2.19. The first-order chi connectivity index (χ1) is 7.24. The Labute approximate surface area is 88.8 Å². The zero-order valence-corrected chi connectivity index (χ0v) is 8.55. The topological polar surface area (TPSA) is 12.0 Å². The average Bonchev–Trinajstić information content (AvgIpc) is 2.25. The third-order valence-corrected chi connectivity index (χ3v) is 2.06. The van der Waals surface area contributed by atoms with Gasteiger partial charge < -0.3 is 5.32 Å². The minimum Gasteiger partial charge on any atom is -0.312 e. The van der Waals surface area contributed by atoms with Crippen molar-refractivity contribution in [2.24, 2.45) is 0 Å². The van der Waals surface area contributed by atoms with Crippen LogP contribution < -0.4 is 5.32 Å². The van der Waals surface area contributed by atoms with Gasteiger partial charge in [0, 0.05) is 12.1 Å². The van der Waals surface area contributed by atoms with E-state index in [-0.39, 0.29) is 5.56 Å². The molecular weight excluding hydrogens is 196 g/mol. The zero-order chi connectivity index (χ0) is 11.1. The van der Waals surface area contributed by atoms with Crippen molar-refractivity contribution < 1.29 is 8.78 Å². The van der Waals surface area contributed by atoms with E-state index in [9.17, 15) is 8.78 Å². The molecule has 0 aliphatic carbocycles. The number of hydrogen-bond acceptors (Lipinski definition) is 1. The van der Waals surface area contributed by atoms with Crippen molar-refractivity contribution in [1.82, 2.24) is 5.32 Å². The first kappa shape index (κ1) is 11.9. The van der Waals surface area contributed by atoms with E-state index in [0.717, 1.165) is 18.5 Å². The number of halogens is 2. The Morgan fingerprint density at radius 1 is 1.40 bits per heavy atom. The predicted octanol–water partition coefficient (Wildman–Crippen LogP) is 3.29. The van der Waals surface area contributed by atoms with E-state index >= 15 is 0 Å². The van der Waals surface area contributed by atoms with Crippen molar-refractivity contribution in [3.8, 4) is 0 Å². The summed E-state index contributed by atoms with van der Waals surface area (Å²) in [5.41, 5.74) is 0.967. The van der Waals surface area contributed by atoms with Gasteiger partial charge in [-0.15, -0.1) is 6.58 Å². The van der Waals surface area contributed by atoms with Gasteiger partial charge in [-0.2, -0.15) is 0 Å². The fraction of sp³-hybridized carbons (Fsp3) is 0.333. The molecule has 0 aromatic heterocycles. The summed E-state index contributed by atoms with van der Waals surface area (Å²) < 4.78 is 24.7. The van der Waals surface area contributed by atoms with Crippen LogP contribution in [0.1, 0.15) is 24.0 Å². The maximum absolute atomic E-state index is 12.4. The van der Waals surface area contributed by atoms with E-state index in [1.54, 1.807) is 6.07 Å². The van der Waals surface area contributed by atoms with Crippen LogP contribution in [0.5, 0.6) is 0 Å². The average molecular weight is 211 g/mol. The van der Waals surface area contributed by atoms with Gasteiger partial charge in [0.2, 0.25) is 0 Å². The van der Waals surface area contributed by atoms with Crippen molar-refractivity contribution in [1.29, 1.82) is 0 Å². The van der Waals surface area contributed by atoms with Gasteiger partial charge in [-0.1, -0.05) is 24.3 Å². The summed E-state index contributed by atoms with van der Waals surface area (Å²) >= 11 is 0. The molecule has 0 saturated heterocycles. The normalized spacial score (nSPS) is 10.6. The lowest BCUT2D eigenvalue weighted by Crippen LogP contribution is -2.14. The summed E-state index contributed by atoms with van der Waals surface area (Å²) in [5, 5.41) is 3.15. The van der Waals surface area contributed by atoms with E-state index in [2.05, 4.69) is 11.9 Å². The summed E-state index contributed by atoms with van der Waals surface area (Å²) in [6.07, 6.45) is 0.315. The minimum atomic E-state index is -2.39. The van der Waals surface area contributed by atoms with Gasteiger partial charge in [-0.25, -0.2) is 8.78 Å². The minimum absolute atomic E-state index is 0.0815. The zero-order valence-electron chi connectivity index (χ0n) is 8.55. The molecule has 0 heterocycles. The van der Waals surface area contributed by atoms with Gasteiger partial charge in [0.15, 0.2) is 0 Å². The van der Waals surface area contributed by atoms with E-state index in [4.69, 9.17) is 0 Å². The van der Waals surface area contributed by atoms with Crippen LogP contribution >= 0.6 is 0 Å². The lowest BCUT2D eigenvalue weighted by Gasteiger charge is -2.05. The Balaban J connectivity index is 2.46. The quantitative estimate of drug-likeness (QED) is 0.562. The maximum Gasteiger partial charge on any atom is 0.263 e. The molecule has 0 aliphatic heterocycles. The van der Waals surface area contributed by atoms with Crippen molar-refractivity contribution >= 4 is 0 Å². The second-order valence-corrected chi connectivity index (χ2v) is 3.30. The van der Waals surface area contributed by atoms with Gasteiger partial charge in [0.05, 0.1) is 0 Å². The van der Waals surface area contributed by atoms with Gasteiger partial charge >= 0.3 is 0 Å². The molecule has 0 fully saturated rings. The summed E-state index contributed by atoms with van der Waals surface area (Å²) in [4.78, 5) is 0. The molecule has 3 heteroatoms. The number of alkyl halides is 2. The molecule has 0 amide bonds. The Kier molecular flexibility index (Phi) is 4.98. The second kappa shape index (κ2) is 6.30. The highest BCUT2D eigenvalue weighted by Gasteiger charge is 2.06. The molecule has 0 atom stereocenters. The van der Waals surface area contributed by atoms with E-state index < -0.39 is 6.43 Å². The maximum atomic E-state index is 12.4. The van der Waals surface area contributed by atoms with Crippen LogP contribution in [0.3, 0.4) is 0 Å². The number of nitrogens with one attached hydrogen (secondary N) is 1. The summed E-state index contributed by atoms with van der Waals surface area (Å²) in [5.74, 6) is 0. The predicted molar refractivity (Wildman–Crippen MR) is 57.9 cm³/mol. The molecule has 0 spiro atoms. The monoisotopic (exact) mass is 211 g/mol. The van der Waals surface area contributed by atoms with Crippen LogP contribution in [-0.4, -0.2) is 6.54 Å². The molecule has 15 heavy (non-hydrogen) atoms. The number of hydrogen-bond donors (Lipinski definition) is 1. The van der Waals surface area contributed by atoms with E-state index in [1.165, 1.54) is 12.1 Å². The highest BCUT2D eigenvalue weighted by atomic mass is 19.3.